The number of aryl methyl sites for hydroxylation is 1. The van der Waals surface area contributed by atoms with Crippen LogP contribution in [0.2, 0.25) is 0 Å². The SMILES string of the molecule is Cc1c(C(=O)OCc2ccccc2)oc2cccc(OC3CCN(C(C)C)CC3)c12. The van der Waals surface area contributed by atoms with Crippen molar-refractivity contribution in [1.82, 2.24) is 4.90 Å². The van der Waals surface area contributed by atoms with E-state index in [0.717, 1.165) is 48.2 Å². The third-order valence-corrected chi connectivity index (χ3v) is 5.81. The van der Waals surface area contributed by atoms with Gasteiger partial charge in [0.25, 0.3) is 0 Å². The normalized spacial score (nSPS) is 15.6. The number of nitrogens with zero attached hydrogens (tertiary/aromatic N) is 1. The summed E-state index contributed by atoms with van der Waals surface area (Å²) in [6.45, 7) is 8.65. The number of hydrogen-bond acceptors (Lipinski definition) is 5. The van der Waals surface area contributed by atoms with Crippen LogP contribution in [0.25, 0.3) is 11.0 Å². The molecule has 5 heteroatoms. The third-order valence-electron chi connectivity index (χ3n) is 5.81. The van der Waals surface area contributed by atoms with Gasteiger partial charge in [0.1, 0.15) is 24.0 Å². The van der Waals surface area contributed by atoms with E-state index in [-0.39, 0.29) is 18.5 Å². The highest BCUT2D eigenvalue weighted by Crippen LogP contribution is 2.35. The average Bonchev–Trinajstić information content (AvgIpc) is 3.11. The van der Waals surface area contributed by atoms with E-state index >= 15 is 0 Å². The van der Waals surface area contributed by atoms with E-state index in [9.17, 15) is 4.79 Å². The molecule has 1 fully saturated rings. The van der Waals surface area contributed by atoms with E-state index in [0.29, 0.717) is 11.6 Å². The number of furan rings is 1. The van der Waals surface area contributed by atoms with E-state index in [1.54, 1.807) is 0 Å². The topological polar surface area (TPSA) is 51.9 Å². The molecule has 4 rings (SSSR count). The molecule has 0 atom stereocenters. The van der Waals surface area contributed by atoms with Crippen LogP contribution >= 0.6 is 0 Å². The summed E-state index contributed by atoms with van der Waals surface area (Å²) in [5, 5.41) is 0.857. The molecule has 5 nitrogen and oxygen atoms in total. The lowest BCUT2D eigenvalue weighted by Crippen LogP contribution is -2.41. The number of ether oxygens (including phenoxy) is 2. The van der Waals surface area contributed by atoms with Gasteiger partial charge in [-0.1, -0.05) is 36.4 Å². The number of hydrogen-bond donors (Lipinski definition) is 0. The van der Waals surface area contributed by atoms with Gasteiger partial charge in [-0.05, 0) is 51.3 Å². The van der Waals surface area contributed by atoms with Gasteiger partial charge in [-0.15, -0.1) is 0 Å². The number of carbonyl (C=O) groups excluding carboxylic acids is 1. The van der Waals surface area contributed by atoms with Gasteiger partial charge in [0.2, 0.25) is 5.76 Å². The second-order valence-electron chi connectivity index (χ2n) is 8.19. The molecule has 1 aliphatic heterocycles. The van der Waals surface area contributed by atoms with Crippen molar-refractivity contribution >= 4 is 16.9 Å². The summed E-state index contributed by atoms with van der Waals surface area (Å²) in [6.07, 6.45) is 2.17. The predicted octanol–water partition coefficient (Wildman–Crippen LogP) is 5.35. The van der Waals surface area contributed by atoms with Crippen LogP contribution in [-0.2, 0) is 11.3 Å². The molecule has 2 heterocycles. The minimum atomic E-state index is -0.455. The second-order valence-corrected chi connectivity index (χ2v) is 8.19. The Morgan fingerprint density at radius 3 is 2.53 bits per heavy atom. The number of fused-ring (bicyclic) bond motifs is 1. The van der Waals surface area contributed by atoms with Crippen LogP contribution in [-0.4, -0.2) is 36.1 Å². The van der Waals surface area contributed by atoms with Crippen LogP contribution in [0.15, 0.2) is 52.9 Å². The minimum absolute atomic E-state index is 0.174. The van der Waals surface area contributed by atoms with Gasteiger partial charge in [0.05, 0.1) is 5.39 Å². The third kappa shape index (κ3) is 4.36. The zero-order valence-electron chi connectivity index (χ0n) is 17.9. The Bertz CT molecular complexity index is 1000. The Hall–Kier alpha value is -2.79. The lowest BCUT2D eigenvalue weighted by atomic mass is 10.1. The highest BCUT2D eigenvalue weighted by atomic mass is 16.5. The van der Waals surface area contributed by atoms with Crippen molar-refractivity contribution in [2.45, 2.75) is 52.4 Å². The van der Waals surface area contributed by atoms with Crippen LogP contribution in [0.3, 0.4) is 0 Å². The molecule has 0 N–H and O–H groups in total. The van der Waals surface area contributed by atoms with E-state index in [4.69, 9.17) is 13.9 Å². The number of rotatable bonds is 6. The molecule has 1 aliphatic rings. The molecule has 158 valence electrons. The molecule has 0 unspecified atom stereocenters. The summed E-state index contributed by atoms with van der Waals surface area (Å²) in [7, 11) is 0. The lowest BCUT2D eigenvalue weighted by Gasteiger charge is -2.34. The van der Waals surface area contributed by atoms with Crippen molar-refractivity contribution in [3.63, 3.8) is 0 Å². The van der Waals surface area contributed by atoms with Crippen LogP contribution < -0.4 is 4.74 Å². The smallest absolute Gasteiger partial charge is 0.374 e. The summed E-state index contributed by atoms with van der Waals surface area (Å²) < 4.78 is 17.7. The fourth-order valence-electron chi connectivity index (χ4n) is 4.04. The van der Waals surface area contributed by atoms with Gasteiger partial charge >= 0.3 is 5.97 Å². The number of benzene rings is 2. The van der Waals surface area contributed by atoms with Gasteiger partial charge < -0.3 is 18.8 Å². The zero-order valence-corrected chi connectivity index (χ0v) is 17.9. The molecule has 3 aromatic rings. The van der Waals surface area contributed by atoms with E-state index in [1.165, 1.54) is 0 Å². The number of likely N-dealkylation sites (tertiary alicyclic amines) is 1. The molecular formula is C25H29NO4. The minimum Gasteiger partial charge on any atom is -0.490 e. The van der Waals surface area contributed by atoms with Gasteiger partial charge in [-0.3, -0.25) is 0 Å². The van der Waals surface area contributed by atoms with E-state index in [1.807, 2.05) is 55.5 Å². The fourth-order valence-corrected chi connectivity index (χ4v) is 4.04. The standard InChI is InChI=1S/C25H29NO4/c1-17(2)26-14-12-20(13-15-26)29-21-10-7-11-22-23(21)18(3)24(30-22)25(27)28-16-19-8-5-4-6-9-19/h4-11,17,20H,12-16H2,1-3H3. The Morgan fingerprint density at radius 2 is 1.83 bits per heavy atom. The highest BCUT2D eigenvalue weighted by molar-refractivity contribution is 5.98. The Morgan fingerprint density at radius 1 is 1.10 bits per heavy atom. The molecule has 2 aromatic carbocycles. The molecule has 30 heavy (non-hydrogen) atoms. The van der Waals surface area contributed by atoms with Gasteiger partial charge in [0.15, 0.2) is 0 Å². The summed E-state index contributed by atoms with van der Waals surface area (Å²) in [6, 6.07) is 15.9. The number of piperidine rings is 1. The summed E-state index contributed by atoms with van der Waals surface area (Å²) >= 11 is 0. The van der Waals surface area contributed by atoms with Crippen molar-refractivity contribution in [3.8, 4) is 5.75 Å². The Kier molecular flexibility index (Phi) is 6.09. The van der Waals surface area contributed by atoms with Crippen LogP contribution in [0.1, 0.15) is 48.4 Å². The summed E-state index contributed by atoms with van der Waals surface area (Å²) in [5.41, 5.74) is 2.35. The highest BCUT2D eigenvalue weighted by Gasteiger charge is 2.25. The first-order valence-corrected chi connectivity index (χ1v) is 10.7. The summed E-state index contributed by atoms with van der Waals surface area (Å²) in [4.78, 5) is 15.1. The Labute approximate surface area is 177 Å². The Balaban J connectivity index is 1.49. The molecule has 0 bridgehead atoms. The van der Waals surface area contributed by atoms with E-state index in [2.05, 4.69) is 18.7 Å². The molecule has 0 aliphatic carbocycles. The fraction of sp³-hybridized carbons (Fsp3) is 0.400. The monoisotopic (exact) mass is 407 g/mol. The van der Waals surface area contributed by atoms with Gasteiger partial charge in [0, 0.05) is 24.7 Å². The molecular weight excluding hydrogens is 378 g/mol. The van der Waals surface area contributed by atoms with Crippen molar-refractivity contribution in [1.29, 1.82) is 0 Å². The van der Waals surface area contributed by atoms with Crippen LogP contribution in [0.5, 0.6) is 5.75 Å². The first-order chi connectivity index (χ1) is 14.5. The molecule has 1 saturated heterocycles. The zero-order chi connectivity index (χ0) is 21.1. The lowest BCUT2D eigenvalue weighted by molar-refractivity contribution is 0.0437. The predicted molar refractivity (Wildman–Crippen MR) is 117 cm³/mol. The number of esters is 1. The van der Waals surface area contributed by atoms with E-state index < -0.39 is 5.97 Å². The first-order valence-electron chi connectivity index (χ1n) is 10.7. The maximum atomic E-state index is 12.6. The van der Waals surface area contributed by atoms with Crippen molar-refractivity contribution in [2.24, 2.45) is 0 Å². The maximum Gasteiger partial charge on any atom is 0.374 e. The average molecular weight is 408 g/mol. The van der Waals surface area contributed by atoms with Crippen molar-refractivity contribution in [3.05, 3.63) is 65.4 Å². The second kappa shape index (κ2) is 8.92. The molecule has 0 saturated carbocycles. The largest absolute Gasteiger partial charge is 0.490 e. The first kappa shape index (κ1) is 20.5. The summed E-state index contributed by atoms with van der Waals surface area (Å²) in [5.74, 6) is 0.564. The maximum absolute atomic E-state index is 12.6. The number of carbonyl (C=O) groups is 1. The van der Waals surface area contributed by atoms with Crippen LogP contribution in [0, 0.1) is 6.92 Å². The van der Waals surface area contributed by atoms with Gasteiger partial charge in [-0.2, -0.15) is 0 Å². The molecule has 0 spiro atoms. The van der Waals surface area contributed by atoms with Gasteiger partial charge in [-0.25, -0.2) is 4.79 Å². The van der Waals surface area contributed by atoms with Crippen molar-refractivity contribution < 1.29 is 18.7 Å². The van der Waals surface area contributed by atoms with Crippen LogP contribution in [0.4, 0.5) is 0 Å². The molecule has 0 amide bonds. The molecule has 0 radical (unpaired) electrons. The van der Waals surface area contributed by atoms with Crippen molar-refractivity contribution in [2.75, 3.05) is 13.1 Å². The molecule has 1 aromatic heterocycles. The quantitative estimate of drug-likeness (QED) is 0.516.